The van der Waals surface area contributed by atoms with Gasteiger partial charge in [-0.1, -0.05) is 23.9 Å². The van der Waals surface area contributed by atoms with E-state index in [1.807, 2.05) is 5.32 Å². The van der Waals surface area contributed by atoms with Crippen molar-refractivity contribution in [3.63, 3.8) is 0 Å². The lowest BCUT2D eigenvalue weighted by Gasteiger charge is -2.16. The van der Waals surface area contributed by atoms with Crippen molar-refractivity contribution in [2.45, 2.75) is 36.5 Å². The summed E-state index contributed by atoms with van der Waals surface area (Å²) in [5, 5.41) is 1.71. The largest absolute Gasteiger partial charge is 0.405 e. The number of nitrogens with one attached hydrogen (secondary N) is 1. The van der Waals surface area contributed by atoms with Crippen LogP contribution < -0.4 is 10.9 Å². The van der Waals surface area contributed by atoms with Crippen molar-refractivity contribution >= 4 is 28.6 Å². The highest BCUT2D eigenvalue weighted by Crippen LogP contribution is 2.23. The van der Waals surface area contributed by atoms with E-state index in [1.54, 1.807) is 31.4 Å². The summed E-state index contributed by atoms with van der Waals surface area (Å²) >= 11 is 0.948. The second kappa shape index (κ2) is 9.23. The minimum atomic E-state index is -4.48. The number of carbonyl (C=O) groups is 1. The molecule has 0 fully saturated rings. The summed E-state index contributed by atoms with van der Waals surface area (Å²) in [5.74, 6) is -0.775. The number of carbonyl (C=O) groups excluding carboxylic acids is 1. The van der Waals surface area contributed by atoms with Gasteiger partial charge in [-0.05, 0) is 25.5 Å². The number of nitrogens with zero attached hydrogens (tertiary/aromatic N) is 2. The SMILES string of the molecule is COCCCn1c(SC(C)C(=O)NCC(F)(F)F)nc2ccccc2c1=O. The molecular weight excluding hydrogens is 383 g/mol. The Morgan fingerprint density at radius 2 is 2.07 bits per heavy atom. The van der Waals surface area contributed by atoms with Gasteiger partial charge in [-0.3, -0.25) is 14.2 Å². The maximum Gasteiger partial charge on any atom is 0.405 e. The third-order valence-corrected chi connectivity index (χ3v) is 4.76. The highest BCUT2D eigenvalue weighted by atomic mass is 32.2. The summed E-state index contributed by atoms with van der Waals surface area (Å²) in [6.07, 6.45) is -3.93. The summed E-state index contributed by atoms with van der Waals surface area (Å²) in [4.78, 5) is 29.1. The summed E-state index contributed by atoms with van der Waals surface area (Å²) in [6, 6.07) is 6.79. The van der Waals surface area contributed by atoms with Crippen molar-refractivity contribution in [1.29, 1.82) is 0 Å². The second-order valence-corrected chi connectivity index (χ2v) is 7.12. The van der Waals surface area contributed by atoms with Gasteiger partial charge < -0.3 is 10.1 Å². The van der Waals surface area contributed by atoms with Crippen LogP contribution in [0.15, 0.2) is 34.2 Å². The first kappa shape index (κ1) is 21.2. The topological polar surface area (TPSA) is 73.2 Å². The predicted molar refractivity (Wildman–Crippen MR) is 96.9 cm³/mol. The highest BCUT2D eigenvalue weighted by Gasteiger charge is 2.29. The number of methoxy groups -OCH3 is 1. The molecule has 10 heteroatoms. The zero-order valence-electron chi connectivity index (χ0n) is 14.9. The Bertz CT molecular complexity index is 855. The van der Waals surface area contributed by atoms with Crippen molar-refractivity contribution in [2.75, 3.05) is 20.3 Å². The van der Waals surface area contributed by atoms with Gasteiger partial charge in [0.2, 0.25) is 5.91 Å². The molecule has 0 aliphatic carbocycles. The molecule has 1 unspecified atom stereocenters. The Labute approximate surface area is 158 Å². The first-order valence-corrected chi connectivity index (χ1v) is 9.10. The number of hydrogen-bond acceptors (Lipinski definition) is 5. The Hall–Kier alpha value is -2.07. The van der Waals surface area contributed by atoms with Gasteiger partial charge in [-0.25, -0.2) is 4.98 Å². The van der Waals surface area contributed by atoms with Gasteiger partial charge in [0, 0.05) is 20.3 Å². The molecule has 0 spiro atoms. The van der Waals surface area contributed by atoms with Gasteiger partial charge in [-0.15, -0.1) is 0 Å². The normalized spacial score (nSPS) is 12.9. The lowest BCUT2D eigenvalue weighted by atomic mass is 10.2. The molecule has 0 saturated carbocycles. The molecule has 1 N–H and O–H groups in total. The minimum absolute atomic E-state index is 0.262. The molecular formula is C17H20F3N3O3S. The number of aromatic nitrogens is 2. The number of para-hydroxylation sites is 1. The van der Waals surface area contributed by atoms with E-state index >= 15 is 0 Å². The summed E-state index contributed by atoms with van der Waals surface area (Å²) in [7, 11) is 1.55. The van der Waals surface area contributed by atoms with E-state index in [0.29, 0.717) is 30.5 Å². The Morgan fingerprint density at radius 3 is 2.74 bits per heavy atom. The molecule has 27 heavy (non-hydrogen) atoms. The van der Waals surface area contributed by atoms with Crippen LogP contribution >= 0.6 is 11.8 Å². The first-order valence-electron chi connectivity index (χ1n) is 8.22. The lowest BCUT2D eigenvalue weighted by Crippen LogP contribution is -2.38. The van der Waals surface area contributed by atoms with E-state index in [4.69, 9.17) is 4.74 Å². The van der Waals surface area contributed by atoms with Crippen LogP contribution in [-0.4, -0.2) is 47.1 Å². The third-order valence-electron chi connectivity index (χ3n) is 3.67. The highest BCUT2D eigenvalue weighted by molar-refractivity contribution is 8.00. The number of halogens is 3. The van der Waals surface area contributed by atoms with Gasteiger partial charge in [0.15, 0.2) is 5.16 Å². The van der Waals surface area contributed by atoms with Crippen molar-refractivity contribution in [1.82, 2.24) is 14.9 Å². The molecule has 1 amide bonds. The molecule has 2 rings (SSSR count). The molecule has 1 aromatic heterocycles. The van der Waals surface area contributed by atoms with Gasteiger partial charge in [0.25, 0.3) is 5.56 Å². The van der Waals surface area contributed by atoms with Crippen LogP contribution in [0.3, 0.4) is 0 Å². The molecule has 1 atom stereocenters. The van der Waals surface area contributed by atoms with Crippen molar-refractivity contribution < 1.29 is 22.7 Å². The summed E-state index contributed by atoms with van der Waals surface area (Å²) in [5.41, 5.74) is 0.206. The van der Waals surface area contributed by atoms with Crippen LogP contribution in [0.25, 0.3) is 10.9 Å². The standard InChI is InChI=1S/C17H20F3N3O3S/c1-11(14(24)21-10-17(18,19)20)27-16-22-13-7-4-3-6-12(13)15(25)23(16)8-5-9-26-2/h3-4,6-7,11H,5,8-10H2,1-2H3,(H,21,24). The molecule has 6 nitrogen and oxygen atoms in total. The van der Waals surface area contributed by atoms with Gasteiger partial charge in [0.05, 0.1) is 16.2 Å². The van der Waals surface area contributed by atoms with Crippen LogP contribution in [0.2, 0.25) is 0 Å². The monoisotopic (exact) mass is 403 g/mol. The molecule has 0 aliphatic heterocycles. The number of amides is 1. The Balaban J connectivity index is 2.28. The number of alkyl halides is 3. The Kier molecular flexibility index (Phi) is 7.25. The quantitative estimate of drug-likeness (QED) is 0.417. The van der Waals surface area contributed by atoms with Crippen molar-refractivity contribution in [3.05, 3.63) is 34.6 Å². The number of fused-ring (bicyclic) bond motifs is 1. The fraction of sp³-hybridized carbons (Fsp3) is 0.471. The molecule has 0 aliphatic rings. The second-order valence-electron chi connectivity index (χ2n) is 5.81. The Morgan fingerprint density at radius 1 is 1.37 bits per heavy atom. The molecule has 1 heterocycles. The van der Waals surface area contributed by atoms with E-state index in [0.717, 1.165) is 11.8 Å². The number of benzene rings is 1. The first-order chi connectivity index (χ1) is 12.7. The number of ether oxygens (including phenoxy) is 1. The molecule has 0 saturated heterocycles. The fourth-order valence-electron chi connectivity index (χ4n) is 2.34. The maximum absolute atomic E-state index is 12.8. The van der Waals surface area contributed by atoms with Gasteiger partial charge >= 0.3 is 6.18 Å². The molecule has 0 bridgehead atoms. The zero-order valence-corrected chi connectivity index (χ0v) is 15.7. The van der Waals surface area contributed by atoms with Crippen LogP contribution in [0, 0.1) is 0 Å². The van der Waals surface area contributed by atoms with E-state index in [9.17, 15) is 22.8 Å². The average Bonchev–Trinajstić information content (AvgIpc) is 2.61. The van der Waals surface area contributed by atoms with Crippen LogP contribution in [0.1, 0.15) is 13.3 Å². The molecule has 148 valence electrons. The summed E-state index contributed by atoms with van der Waals surface area (Å²) in [6.45, 7) is 0.828. The molecule has 2 aromatic rings. The van der Waals surface area contributed by atoms with Crippen LogP contribution in [0.4, 0.5) is 13.2 Å². The lowest BCUT2D eigenvalue weighted by molar-refractivity contribution is -0.137. The van der Waals surface area contributed by atoms with E-state index < -0.39 is 23.9 Å². The maximum atomic E-state index is 12.8. The minimum Gasteiger partial charge on any atom is -0.385 e. The van der Waals surface area contributed by atoms with Crippen LogP contribution in [0.5, 0.6) is 0 Å². The average molecular weight is 403 g/mol. The van der Waals surface area contributed by atoms with Crippen LogP contribution in [-0.2, 0) is 16.1 Å². The number of thioether (sulfide) groups is 1. The zero-order chi connectivity index (χ0) is 20.0. The van der Waals surface area contributed by atoms with Crippen molar-refractivity contribution in [3.8, 4) is 0 Å². The third kappa shape index (κ3) is 5.96. The predicted octanol–water partition coefficient (Wildman–Crippen LogP) is 2.59. The molecule has 1 aromatic carbocycles. The van der Waals surface area contributed by atoms with Gasteiger partial charge in [0.1, 0.15) is 6.54 Å². The van der Waals surface area contributed by atoms with Crippen molar-refractivity contribution in [2.24, 2.45) is 0 Å². The van der Waals surface area contributed by atoms with E-state index in [1.165, 1.54) is 11.5 Å². The number of rotatable bonds is 8. The fourth-order valence-corrected chi connectivity index (χ4v) is 3.30. The smallest absolute Gasteiger partial charge is 0.385 e. The van der Waals surface area contributed by atoms with E-state index in [-0.39, 0.29) is 10.7 Å². The summed E-state index contributed by atoms with van der Waals surface area (Å²) < 4.78 is 43.3. The number of hydrogen-bond donors (Lipinski definition) is 1. The molecule has 0 radical (unpaired) electrons. The van der Waals surface area contributed by atoms with E-state index in [2.05, 4.69) is 4.98 Å². The van der Waals surface area contributed by atoms with Gasteiger partial charge in [-0.2, -0.15) is 13.2 Å².